The van der Waals surface area contributed by atoms with Crippen LogP contribution in [-0.2, 0) is 16.6 Å². The summed E-state index contributed by atoms with van der Waals surface area (Å²) in [4.78, 5) is 22.7. The van der Waals surface area contributed by atoms with Gasteiger partial charge in [-0.3, -0.25) is 14.5 Å². The van der Waals surface area contributed by atoms with E-state index in [1.54, 1.807) is 42.6 Å². The summed E-state index contributed by atoms with van der Waals surface area (Å²) in [7, 11) is -3.97. The van der Waals surface area contributed by atoms with Crippen molar-refractivity contribution in [3.63, 3.8) is 0 Å². The topological polar surface area (TPSA) is 93.5 Å². The van der Waals surface area contributed by atoms with Crippen LogP contribution in [0.1, 0.15) is 28.8 Å². The number of benzene rings is 2. The Morgan fingerprint density at radius 1 is 1.03 bits per heavy atom. The van der Waals surface area contributed by atoms with Gasteiger partial charge in [-0.05, 0) is 43.2 Å². The minimum Gasteiger partial charge on any atom is -0.331 e. The zero-order valence-electron chi connectivity index (χ0n) is 17.8. The van der Waals surface area contributed by atoms with Gasteiger partial charge in [0.1, 0.15) is 4.90 Å². The van der Waals surface area contributed by atoms with Crippen LogP contribution in [0.5, 0.6) is 0 Å². The highest BCUT2D eigenvalue weighted by Crippen LogP contribution is 2.32. The number of pyridine rings is 2. The lowest BCUT2D eigenvalue weighted by atomic mass is 10.1. The third kappa shape index (κ3) is 4.42. The van der Waals surface area contributed by atoms with Crippen molar-refractivity contribution >= 4 is 32.5 Å². The predicted molar refractivity (Wildman–Crippen MR) is 125 cm³/mol. The number of aromatic nitrogens is 2. The molecule has 7 nitrogen and oxygen atoms in total. The van der Waals surface area contributed by atoms with Gasteiger partial charge >= 0.3 is 0 Å². The van der Waals surface area contributed by atoms with Crippen molar-refractivity contribution in [3.05, 3.63) is 96.4 Å². The fraction of sp³-hybridized carbons (Fsp3) is 0.160. The Balaban J connectivity index is 1.48. The minimum absolute atomic E-state index is 0.0710. The molecule has 0 spiro atoms. The number of hydrogen-bond acceptors (Lipinski definition) is 4. The average Bonchev–Trinajstić information content (AvgIpc) is 3.68. The van der Waals surface area contributed by atoms with E-state index in [4.69, 9.17) is 0 Å². The highest BCUT2D eigenvalue weighted by Gasteiger charge is 2.34. The van der Waals surface area contributed by atoms with E-state index in [1.807, 2.05) is 41.6 Å². The van der Waals surface area contributed by atoms with Crippen molar-refractivity contribution in [1.82, 2.24) is 9.88 Å². The molecule has 1 aliphatic carbocycles. The van der Waals surface area contributed by atoms with Crippen LogP contribution >= 0.6 is 0 Å². The Labute approximate surface area is 192 Å². The van der Waals surface area contributed by atoms with Crippen molar-refractivity contribution in [3.8, 4) is 0 Å². The van der Waals surface area contributed by atoms with Crippen molar-refractivity contribution in [1.29, 1.82) is 0 Å². The number of nitrogens with zero attached hydrogens (tertiary/aromatic N) is 2. The SMILES string of the molecule is O=C(c1ccccc1NS(=O)(=O)c1cccc2cccnc12)N(Cc1ccc[nH+]c1)C1CC1. The fourth-order valence-corrected chi connectivity index (χ4v) is 5.14. The van der Waals surface area contributed by atoms with Crippen LogP contribution in [0, 0.1) is 0 Å². The first kappa shape index (κ1) is 21.1. The van der Waals surface area contributed by atoms with Gasteiger partial charge in [0.15, 0.2) is 12.4 Å². The molecule has 0 bridgehead atoms. The summed E-state index contributed by atoms with van der Waals surface area (Å²) in [5.41, 5.74) is 1.94. The number of fused-ring (bicyclic) bond motifs is 1. The van der Waals surface area contributed by atoms with Gasteiger partial charge in [0.05, 0.1) is 23.3 Å². The van der Waals surface area contributed by atoms with E-state index in [2.05, 4.69) is 14.7 Å². The van der Waals surface area contributed by atoms with Crippen LogP contribution in [0.3, 0.4) is 0 Å². The first-order chi connectivity index (χ1) is 16.0. The predicted octanol–water partition coefficient (Wildman–Crippen LogP) is 3.65. The normalized spacial score (nSPS) is 13.6. The van der Waals surface area contributed by atoms with Crippen molar-refractivity contribution < 1.29 is 18.2 Å². The lowest BCUT2D eigenvalue weighted by molar-refractivity contribution is -0.378. The second kappa shape index (κ2) is 8.63. The number of sulfonamides is 1. The standard InChI is InChI=1S/C25H22N4O3S/c30-25(29(20-12-13-20)17-18-6-4-14-26-16-18)21-9-1-2-10-22(21)28-33(31,32)23-11-3-7-19-8-5-15-27-24(19)23/h1-11,14-16,20,28H,12-13,17H2/p+1. The molecule has 0 atom stereocenters. The van der Waals surface area contributed by atoms with E-state index in [9.17, 15) is 13.2 Å². The van der Waals surface area contributed by atoms with Gasteiger partial charge in [0, 0.05) is 29.3 Å². The number of H-pyrrole nitrogens is 1. The third-order valence-corrected chi connectivity index (χ3v) is 7.06. The molecule has 0 unspecified atom stereocenters. The Hall–Kier alpha value is -3.78. The molecule has 5 rings (SSSR count). The molecule has 2 aromatic heterocycles. The van der Waals surface area contributed by atoms with Crippen LogP contribution in [0.4, 0.5) is 5.69 Å². The molecule has 2 aromatic carbocycles. The van der Waals surface area contributed by atoms with Crippen molar-refractivity contribution in [2.75, 3.05) is 4.72 Å². The second-order valence-electron chi connectivity index (χ2n) is 8.06. The van der Waals surface area contributed by atoms with E-state index < -0.39 is 10.0 Å². The van der Waals surface area contributed by atoms with E-state index in [-0.39, 0.29) is 22.5 Å². The molecular weight excluding hydrogens is 436 g/mol. The van der Waals surface area contributed by atoms with Gasteiger partial charge in [-0.25, -0.2) is 13.4 Å². The summed E-state index contributed by atoms with van der Waals surface area (Å²) in [5.74, 6) is -0.198. The van der Waals surface area contributed by atoms with Crippen LogP contribution < -0.4 is 9.71 Å². The molecule has 1 saturated carbocycles. The Kier molecular flexibility index (Phi) is 5.51. The number of aromatic amines is 1. The van der Waals surface area contributed by atoms with Gasteiger partial charge < -0.3 is 4.90 Å². The van der Waals surface area contributed by atoms with Gasteiger partial charge in [-0.1, -0.05) is 30.3 Å². The molecule has 1 amide bonds. The van der Waals surface area contributed by atoms with Crippen molar-refractivity contribution in [2.45, 2.75) is 30.3 Å². The molecule has 8 heteroatoms. The minimum atomic E-state index is -3.97. The molecule has 2 N–H and O–H groups in total. The van der Waals surface area contributed by atoms with Crippen LogP contribution in [-0.4, -0.2) is 30.3 Å². The van der Waals surface area contributed by atoms with Crippen LogP contribution in [0.25, 0.3) is 10.9 Å². The average molecular weight is 460 g/mol. The van der Waals surface area contributed by atoms with E-state index >= 15 is 0 Å². The summed E-state index contributed by atoms with van der Waals surface area (Å²) >= 11 is 0. The summed E-state index contributed by atoms with van der Waals surface area (Å²) in [6.45, 7) is 0.454. The zero-order chi connectivity index (χ0) is 22.8. The second-order valence-corrected chi connectivity index (χ2v) is 9.71. The zero-order valence-corrected chi connectivity index (χ0v) is 18.6. The largest absolute Gasteiger partial charge is 0.331 e. The highest BCUT2D eigenvalue weighted by molar-refractivity contribution is 7.93. The summed E-state index contributed by atoms with van der Waals surface area (Å²) in [5, 5.41) is 0.726. The number of carbonyl (C=O) groups excluding carboxylic acids is 1. The van der Waals surface area contributed by atoms with Crippen molar-refractivity contribution in [2.24, 2.45) is 0 Å². The van der Waals surface area contributed by atoms with E-state index in [0.29, 0.717) is 17.6 Å². The maximum absolute atomic E-state index is 13.6. The van der Waals surface area contributed by atoms with E-state index in [0.717, 1.165) is 23.8 Å². The van der Waals surface area contributed by atoms with Gasteiger partial charge in [0.25, 0.3) is 15.9 Å². The molecule has 0 aliphatic heterocycles. The molecule has 0 radical (unpaired) electrons. The Bertz CT molecular complexity index is 1410. The van der Waals surface area contributed by atoms with Crippen LogP contribution in [0.15, 0.2) is 90.2 Å². The van der Waals surface area contributed by atoms with Gasteiger partial charge in [0.2, 0.25) is 0 Å². The van der Waals surface area contributed by atoms with Gasteiger partial charge in [-0.15, -0.1) is 0 Å². The van der Waals surface area contributed by atoms with E-state index in [1.165, 1.54) is 6.07 Å². The molecule has 4 aromatic rings. The third-order valence-electron chi connectivity index (χ3n) is 5.66. The van der Waals surface area contributed by atoms with Gasteiger partial charge in [-0.2, -0.15) is 0 Å². The molecule has 166 valence electrons. The number of carbonyl (C=O) groups is 1. The monoisotopic (exact) mass is 459 g/mol. The number of nitrogens with one attached hydrogen (secondary N) is 2. The lowest BCUT2D eigenvalue weighted by Gasteiger charge is -2.23. The molecule has 1 fully saturated rings. The molecular formula is C25H23N4O3S+. The highest BCUT2D eigenvalue weighted by atomic mass is 32.2. The lowest BCUT2D eigenvalue weighted by Crippen LogP contribution is -2.33. The smallest absolute Gasteiger partial charge is 0.264 e. The first-order valence-electron chi connectivity index (χ1n) is 10.7. The molecule has 2 heterocycles. The first-order valence-corrected chi connectivity index (χ1v) is 12.2. The maximum Gasteiger partial charge on any atom is 0.264 e. The number of rotatable bonds is 7. The Morgan fingerprint density at radius 3 is 2.64 bits per heavy atom. The van der Waals surface area contributed by atoms with Crippen LogP contribution in [0.2, 0.25) is 0 Å². The summed E-state index contributed by atoms with van der Waals surface area (Å²) in [6, 6.07) is 19.3. The number of para-hydroxylation sites is 2. The fourth-order valence-electron chi connectivity index (χ4n) is 3.88. The summed E-state index contributed by atoms with van der Waals surface area (Å²) < 4.78 is 29.3. The number of hydrogen-bond donors (Lipinski definition) is 1. The molecule has 33 heavy (non-hydrogen) atoms. The summed E-state index contributed by atoms with van der Waals surface area (Å²) in [6.07, 6.45) is 7.13. The number of amides is 1. The quantitative estimate of drug-likeness (QED) is 0.456. The Morgan fingerprint density at radius 2 is 1.85 bits per heavy atom. The maximum atomic E-state index is 13.6. The molecule has 0 saturated heterocycles. The molecule has 1 aliphatic rings. The number of anilines is 1.